The molecule has 0 unspecified atom stereocenters. The van der Waals surface area contributed by atoms with Gasteiger partial charge in [0.25, 0.3) is 5.56 Å². The summed E-state index contributed by atoms with van der Waals surface area (Å²) in [6, 6.07) is 18.3. The van der Waals surface area contributed by atoms with Gasteiger partial charge in [-0.1, -0.05) is 12.1 Å². The molecule has 0 saturated carbocycles. The van der Waals surface area contributed by atoms with Crippen LogP contribution in [0.2, 0.25) is 0 Å². The summed E-state index contributed by atoms with van der Waals surface area (Å²) < 4.78 is 0.496. The van der Waals surface area contributed by atoms with Gasteiger partial charge in [0.05, 0.1) is 20.6 Å². The number of thiophene rings is 1. The number of fused-ring (bicyclic) bond motifs is 2. The smallest absolute Gasteiger partial charge is 0.263 e. The first-order chi connectivity index (χ1) is 13.6. The summed E-state index contributed by atoms with van der Waals surface area (Å²) in [6.07, 6.45) is 1.80. The van der Waals surface area contributed by atoms with E-state index in [4.69, 9.17) is 4.98 Å². The Bertz CT molecular complexity index is 1420. The van der Waals surface area contributed by atoms with Crippen molar-refractivity contribution in [2.75, 3.05) is 0 Å². The maximum atomic E-state index is 12.0. The first-order valence-corrected chi connectivity index (χ1v) is 10.3. The zero-order valence-corrected chi connectivity index (χ0v) is 17.3. The second-order valence-electron chi connectivity index (χ2n) is 6.59. The van der Waals surface area contributed by atoms with Crippen LogP contribution in [0.4, 0.5) is 0 Å². The highest BCUT2D eigenvalue weighted by Crippen LogP contribution is 2.37. The normalized spacial score (nSPS) is 11.4. The Balaban J connectivity index is 1.83. The fraction of sp³-hybridized carbons (Fsp3) is 0.0455. The average molecular weight is 448 g/mol. The summed E-state index contributed by atoms with van der Waals surface area (Å²) in [4.78, 5) is 26.4. The van der Waals surface area contributed by atoms with Crippen LogP contribution in [-0.2, 0) is 0 Å². The van der Waals surface area contributed by atoms with Crippen LogP contribution in [-0.4, -0.2) is 15.0 Å². The van der Waals surface area contributed by atoms with E-state index in [9.17, 15) is 4.79 Å². The fourth-order valence-corrected chi connectivity index (χ4v) is 4.54. The van der Waals surface area contributed by atoms with Crippen LogP contribution in [0.3, 0.4) is 0 Å². The third kappa shape index (κ3) is 2.95. The molecule has 1 N–H and O–H groups in total. The maximum Gasteiger partial charge on any atom is 0.263 e. The van der Waals surface area contributed by atoms with Crippen molar-refractivity contribution in [2.24, 2.45) is 0 Å². The molecule has 4 heterocycles. The number of hydrogen-bond acceptors (Lipinski definition) is 4. The summed E-state index contributed by atoms with van der Waals surface area (Å²) in [7, 11) is 0. The molecular formula is C22H14BrN3OS. The summed E-state index contributed by atoms with van der Waals surface area (Å²) in [5, 5.41) is 1.96. The Morgan fingerprint density at radius 3 is 2.75 bits per heavy atom. The fourth-order valence-electron chi connectivity index (χ4n) is 3.32. The second kappa shape index (κ2) is 6.65. The molecule has 0 radical (unpaired) electrons. The van der Waals surface area contributed by atoms with Crippen LogP contribution in [0.15, 0.2) is 70.1 Å². The van der Waals surface area contributed by atoms with E-state index in [0.717, 1.165) is 38.0 Å². The van der Waals surface area contributed by atoms with E-state index in [1.54, 1.807) is 17.5 Å². The van der Waals surface area contributed by atoms with E-state index >= 15 is 0 Å². The van der Waals surface area contributed by atoms with Crippen molar-refractivity contribution in [1.82, 2.24) is 15.0 Å². The quantitative estimate of drug-likeness (QED) is 0.364. The van der Waals surface area contributed by atoms with Crippen molar-refractivity contribution in [3.63, 3.8) is 0 Å². The van der Waals surface area contributed by atoms with Crippen LogP contribution in [0, 0.1) is 6.92 Å². The van der Waals surface area contributed by atoms with Gasteiger partial charge < -0.3 is 4.98 Å². The van der Waals surface area contributed by atoms with E-state index in [1.807, 2.05) is 18.2 Å². The molecule has 0 aliphatic rings. The lowest BCUT2D eigenvalue weighted by atomic mass is 9.99. The summed E-state index contributed by atoms with van der Waals surface area (Å²) in [6.45, 7) is 2.08. The van der Waals surface area contributed by atoms with Gasteiger partial charge in [0.15, 0.2) is 0 Å². The number of rotatable bonds is 2. The third-order valence-corrected chi connectivity index (χ3v) is 6.27. The average Bonchev–Trinajstić information content (AvgIpc) is 3.14. The van der Waals surface area contributed by atoms with Crippen LogP contribution in [0.1, 0.15) is 4.88 Å². The Labute approximate surface area is 173 Å². The number of nitrogens with zero attached hydrogens (tertiary/aromatic N) is 2. The molecule has 5 rings (SSSR count). The predicted octanol–water partition coefficient (Wildman–Crippen LogP) is 5.94. The van der Waals surface area contributed by atoms with Crippen LogP contribution >= 0.6 is 27.3 Å². The summed E-state index contributed by atoms with van der Waals surface area (Å²) >= 11 is 5.01. The molecule has 4 nitrogen and oxygen atoms in total. The molecule has 0 aliphatic carbocycles. The Kier molecular flexibility index (Phi) is 4.10. The van der Waals surface area contributed by atoms with Gasteiger partial charge in [0, 0.05) is 27.4 Å². The summed E-state index contributed by atoms with van der Waals surface area (Å²) in [5.74, 6) is 0. The molecule has 0 fully saturated rings. The number of H-pyrrole nitrogens is 1. The molecule has 6 heteroatoms. The largest absolute Gasteiger partial charge is 0.306 e. The number of benzene rings is 1. The van der Waals surface area contributed by atoms with E-state index in [-0.39, 0.29) is 5.56 Å². The Morgan fingerprint density at radius 1 is 1.04 bits per heavy atom. The highest BCUT2D eigenvalue weighted by molar-refractivity contribution is 9.10. The lowest BCUT2D eigenvalue weighted by molar-refractivity contribution is 1.22. The number of pyridine rings is 3. The minimum atomic E-state index is -0.183. The minimum Gasteiger partial charge on any atom is -0.306 e. The van der Waals surface area contributed by atoms with Gasteiger partial charge >= 0.3 is 0 Å². The number of halogens is 1. The zero-order valence-electron chi connectivity index (χ0n) is 14.9. The highest BCUT2D eigenvalue weighted by Gasteiger charge is 2.15. The van der Waals surface area contributed by atoms with Gasteiger partial charge in [-0.2, -0.15) is 0 Å². The molecule has 0 spiro atoms. The van der Waals surface area contributed by atoms with Crippen molar-refractivity contribution in [2.45, 2.75) is 6.92 Å². The van der Waals surface area contributed by atoms with Crippen molar-refractivity contribution in [3.05, 3.63) is 80.5 Å². The van der Waals surface area contributed by atoms with Gasteiger partial charge in [0.1, 0.15) is 5.65 Å². The number of nitrogens with one attached hydrogen (secondary N) is 1. The van der Waals surface area contributed by atoms with E-state index in [0.29, 0.717) is 10.1 Å². The zero-order chi connectivity index (χ0) is 19.3. The van der Waals surface area contributed by atoms with Gasteiger partial charge in [-0.05, 0) is 70.9 Å². The number of hydrogen-bond donors (Lipinski definition) is 1. The first kappa shape index (κ1) is 17.3. The van der Waals surface area contributed by atoms with Gasteiger partial charge in [-0.3, -0.25) is 9.78 Å². The van der Waals surface area contributed by atoms with E-state index in [1.165, 1.54) is 4.88 Å². The van der Waals surface area contributed by atoms with Gasteiger partial charge in [-0.15, -0.1) is 11.3 Å². The van der Waals surface area contributed by atoms with E-state index < -0.39 is 0 Å². The van der Waals surface area contributed by atoms with Crippen molar-refractivity contribution in [3.8, 4) is 21.7 Å². The molecule has 0 atom stereocenters. The molecule has 0 saturated heterocycles. The predicted molar refractivity (Wildman–Crippen MR) is 119 cm³/mol. The Hall–Kier alpha value is -2.83. The number of aromatic nitrogens is 3. The van der Waals surface area contributed by atoms with Crippen molar-refractivity contribution < 1.29 is 0 Å². The number of aryl methyl sites for hydroxylation is 1. The molecule has 1 aromatic carbocycles. The van der Waals surface area contributed by atoms with Gasteiger partial charge in [0.2, 0.25) is 0 Å². The molecule has 0 bridgehead atoms. The lowest BCUT2D eigenvalue weighted by Gasteiger charge is -2.11. The molecule has 136 valence electrons. The molecule has 4 aromatic heterocycles. The molecule has 28 heavy (non-hydrogen) atoms. The molecule has 0 aliphatic heterocycles. The van der Waals surface area contributed by atoms with Crippen LogP contribution < -0.4 is 5.56 Å². The molecule has 5 aromatic rings. The monoisotopic (exact) mass is 447 g/mol. The summed E-state index contributed by atoms with van der Waals surface area (Å²) in [5.41, 5.74) is 4.32. The first-order valence-electron chi connectivity index (χ1n) is 8.74. The highest BCUT2D eigenvalue weighted by atomic mass is 79.9. The number of aromatic amines is 1. The third-order valence-electron chi connectivity index (χ3n) is 4.67. The molecule has 0 amide bonds. The van der Waals surface area contributed by atoms with Crippen molar-refractivity contribution >= 4 is 49.2 Å². The topological polar surface area (TPSA) is 58.6 Å². The van der Waals surface area contributed by atoms with Gasteiger partial charge in [-0.25, -0.2) is 4.98 Å². The van der Waals surface area contributed by atoms with E-state index in [2.05, 4.69) is 69.2 Å². The lowest BCUT2D eigenvalue weighted by Crippen LogP contribution is -2.07. The van der Waals surface area contributed by atoms with Crippen LogP contribution in [0.5, 0.6) is 0 Å². The Morgan fingerprint density at radius 2 is 1.93 bits per heavy atom. The van der Waals surface area contributed by atoms with Crippen LogP contribution in [0.25, 0.3) is 43.6 Å². The maximum absolute atomic E-state index is 12.0. The van der Waals surface area contributed by atoms with Crippen molar-refractivity contribution in [1.29, 1.82) is 0 Å². The minimum absolute atomic E-state index is 0.183. The standard InChI is InChI=1S/C22H14BrN3OS/c1-12-4-7-19(28-12)20-16(10-15-11-17(23)22(27)26-21(15)25-20)13-5-6-18-14(9-13)3-2-8-24-18/h2-11H,1H3,(H,25,26,27). The molecular weight excluding hydrogens is 434 g/mol. The SMILES string of the molecule is Cc1ccc(-c2nc3[nH]c(=O)c(Br)cc3cc2-c2ccc3ncccc3c2)s1. The second-order valence-corrected chi connectivity index (χ2v) is 8.73.